The highest BCUT2D eigenvalue weighted by Crippen LogP contribution is 2.37. The first-order valence-electron chi connectivity index (χ1n) is 5.99. The summed E-state index contributed by atoms with van der Waals surface area (Å²) in [4.78, 5) is 19.5. The molecule has 1 amide bonds. The largest absolute Gasteiger partial charge is 0.336 e. The number of nitrogens with two attached hydrogens (primary N) is 1. The fraction of sp³-hybridized carbons (Fsp3) is 0.667. The van der Waals surface area contributed by atoms with Gasteiger partial charge in [-0.1, -0.05) is 0 Å². The molecule has 1 aromatic heterocycles. The number of carbonyl (C=O) groups excluding carboxylic acids is 1. The van der Waals surface area contributed by atoms with Gasteiger partial charge in [0.15, 0.2) is 0 Å². The Balaban J connectivity index is 2.26. The molecule has 5 heteroatoms. The quantitative estimate of drug-likeness (QED) is 0.871. The van der Waals surface area contributed by atoms with E-state index < -0.39 is 6.04 Å². The summed E-state index contributed by atoms with van der Waals surface area (Å²) in [5.74, 6) is 0.00824. The zero-order chi connectivity index (χ0) is 12.6. The lowest BCUT2D eigenvalue weighted by atomic mass is 9.96. The number of aryl methyl sites for hydroxylation is 2. The van der Waals surface area contributed by atoms with E-state index >= 15 is 0 Å². The second-order valence-electron chi connectivity index (χ2n) is 4.69. The molecular formula is C12H19N3OS. The van der Waals surface area contributed by atoms with Crippen LogP contribution in [0.4, 0.5) is 0 Å². The number of nitrogens with zero attached hydrogens (tertiary/aromatic N) is 2. The summed E-state index contributed by atoms with van der Waals surface area (Å²) in [6, 6.07) is -0.261. The molecule has 1 aromatic rings. The first kappa shape index (κ1) is 12.5. The van der Waals surface area contributed by atoms with Crippen LogP contribution in [0.15, 0.2) is 0 Å². The van der Waals surface area contributed by atoms with E-state index in [4.69, 9.17) is 5.73 Å². The van der Waals surface area contributed by atoms with Gasteiger partial charge in [-0.15, -0.1) is 11.3 Å². The van der Waals surface area contributed by atoms with E-state index in [2.05, 4.69) is 4.98 Å². The van der Waals surface area contributed by atoms with Crippen molar-refractivity contribution in [2.45, 2.75) is 45.2 Å². The summed E-state index contributed by atoms with van der Waals surface area (Å²) in [5.41, 5.74) is 6.84. The zero-order valence-corrected chi connectivity index (χ0v) is 11.4. The van der Waals surface area contributed by atoms with E-state index in [0.29, 0.717) is 0 Å². The third-order valence-electron chi connectivity index (χ3n) is 3.23. The van der Waals surface area contributed by atoms with Crippen molar-refractivity contribution < 1.29 is 4.79 Å². The van der Waals surface area contributed by atoms with Gasteiger partial charge in [0.2, 0.25) is 5.91 Å². The Hall–Kier alpha value is -0.940. The van der Waals surface area contributed by atoms with Crippen LogP contribution < -0.4 is 5.73 Å². The van der Waals surface area contributed by atoms with Gasteiger partial charge in [-0.2, -0.15) is 0 Å². The van der Waals surface area contributed by atoms with Gasteiger partial charge in [0.1, 0.15) is 0 Å². The van der Waals surface area contributed by atoms with Gasteiger partial charge < -0.3 is 10.6 Å². The molecular weight excluding hydrogens is 234 g/mol. The van der Waals surface area contributed by atoms with Gasteiger partial charge in [0.05, 0.1) is 27.7 Å². The SMILES string of the molecule is Cc1nc2c(s1)C(N(C)C(=O)C(C)N)CCC2. The van der Waals surface area contributed by atoms with E-state index in [1.165, 1.54) is 10.6 Å². The highest BCUT2D eigenvalue weighted by molar-refractivity contribution is 7.11. The Morgan fingerprint density at radius 3 is 3.00 bits per heavy atom. The summed E-state index contributed by atoms with van der Waals surface area (Å²) in [7, 11) is 1.85. The van der Waals surface area contributed by atoms with E-state index in [9.17, 15) is 4.79 Å². The summed E-state index contributed by atoms with van der Waals surface area (Å²) in [6.07, 6.45) is 3.15. The normalized spacial score (nSPS) is 20.8. The summed E-state index contributed by atoms with van der Waals surface area (Å²) in [5, 5.41) is 1.09. The molecule has 2 rings (SSSR count). The Morgan fingerprint density at radius 2 is 2.35 bits per heavy atom. The predicted molar refractivity (Wildman–Crippen MR) is 68.9 cm³/mol. The van der Waals surface area contributed by atoms with Crippen LogP contribution in [0.2, 0.25) is 0 Å². The molecule has 0 saturated heterocycles. The summed E-state index contributed by atoms with van der Waals surface area (Å²) >= 11 is 1.71. The fourth-order valence-electron chi connectivity index (χ4n) is 2.36. The number of carbonyl (C=O) groups is 1. The predicted octanol–water partition coefficient (Wildman–Crippen LogP) is 1.63. The average Bonchev–Trinajstić information content (AvgIpc) is 2.66. The van der Waals surface area contributed by atoms with Gasteiger partial charge in [0, 0.05) is 7.05 Å². The number of thiazole rings is 1. The van der Waals surface area contributed by atoms with Gasteiger partial charge >= 0.3 is 0 Å². The van der Waals surface area contributed by atoms with Crippen LogP contribution in [0.1, 0.15) is 41.4 Å². The molecule has 0 radical (unpaired) electrons. The van der Waals surface area contributed by atoms with E-state index in [0.717, 1.165) is 24.3 Å². The monoisotopic (exact) mass is 253 g/mol. The molecule has 0 spiro atoms. The zero-order valence-electron chi connectivity index (χ0n) is 10.6. The highest BCUT2D eigenvalue weighted by atomic mass is 32.1. The average molecular weight is 253 g/mol. The Kier molecular flexibility index (Phi) is 3.49. The lowest BCUT2D eigenvalue weighted by Crippen LogP contribution is -2.42. The molecule has 1 aliphatic rings. The number of rotatable bonds is 2. The number of likely N-dealkylation sites (N-methyl/N-ethyl adjacent to an activating group) is 1. The molecule has 0 fully saturated rings. The minimum atomic E-state index is -0.431. The maximum Gasteiger partial charge on any atom is 0.239 e. The van der Waals surface area contributed by atoms with Crippen molar-refractivity contribution in [1.29, 1.82) is 0 Å². The molecule has 2 N–H and O–H groups in total. The van der Waals surface area contributed by atoms with Crippen LogP contribution in [-0.2, 0) is 11.2 Å². The Bertz CT molecular complexity index is 427. The first-order valence-corrected chi connectivity index (χ1v) is 6.80. The second kappa shape index (κ2) is 4.74. The minimum absolute atomic E-state index is 0.00824. The molecule has 0 saturated carbocycles. The number of fused-ring (bicyclic) bond motifs is 1. The molecule has 0 bridgehead atoms. The fourth-order valence-corrected chi connectivity index (χ4v) is 3.52. The molecule has 4 nitrogen and oxygen atoms in total. The number of amides is 1. The van der Waals surface area contributed by atoms with Crippen LogP contribution in [0.5, 0.6) is 0 Å². The van der Waals surface area contributed by atoms with Crippen molar-refractivity contribution >= 4 is 17.2 Å². The molecule has 2 unspecified atom stereocenters. The third-order valence-corrected chi connectivity index (χ3v) is 4.35. The Labute approximate surface area is 106 Å². The van der Waals surface area contributed by atoms with Gasteiger partial charge in [-0.3, -0.25) is 4.79 Å². The minimum Gasteiger partial charge on any atom is -0.336 e. The number of aromatic nitrogens is 1. The smallest absolute Gasteiger partial charge is 0.239 e. The van der Waals surface area contributed by atoms with Gasteiger partial charge in [-0.25, -0.2) is 4.98 Å². The van der Waals surface area contributed by atoms with Crippen LogP contribution in [0.3, 0.4) is 0 Å². The van der Waals surface area contributed by atoms with Crippen molar-refractivity contribution in [3.63, 3.8) is 0 Å². The number of hydrogen-bond acceptors (Lipinski definition) is 4. The van der Waals surface area contributed by atoms with Crippen LogP contribution >= 0.6 is 11.3 Å². The van der Waals surface area contributed by atoms with E-state index in [1.807, 2.05) is 14.0 Å². The van der Waals surface area contributed by atoms with Crippen LogP contribution in [0, 0.1) is 6.92 Å². The lowest BCUT2D eigenvalue weighted by Gasteiger charge is -2.31. The maximum absolute atomic E-state index is 11.9. The third kappa shape index (κ3) is 2.35. The maximum atomic E-state index is 11.9. The van der Waals surface area contributed by atoms with E-state index in [-0.39, 0.29) is 11.9 Å². The molecule has 0 aliphatic heterocycles. The van der Waals surface area contributed by atoms with Crippen LogP contribution in [-0.4, -0.2) is 28.9 Å². The van der Waals surface area contributed by atoms with Crippen molar-refractivity contribution in [2.75, 3.05) is 7.05 Å². The van der Waals surface area contributed by atoms with Crippen molar-refractivity contribution in [2.24, 2.45) is 5.73 Å². The Morgan fingerprint density at radius 1 is 1.65 bits per heavy atom. The second-order valence-corrected chi connectivity index (χ2v) is 5.92. The van der Waals surface area contributed by atoms with Gasteiger partial charge in [-0.05, 0) is 33.1 Å². The van der Waals surface area contributed by atoms with Crippen LogP contribution in [0.25, 0.3) is 0 Å². The highest BCUT2D eigenvalue weighted by Gasteiger charge is 2.30. The van der Waals surface area contributed by atoms with Crippen molar-refractivity contribution in [1.82, 2.24) is 9.88 Å². The molecule has 2 atom stereocenters. The number of hydrogen-bond donors (Lipinski definition) is 1. The molecule has 0 aromatic carbocycles. The van der Waals surface area contributed by atoms with Gasteiger partial charge in [0.25, 0.3) is 0 Å². The topological polar surface area (TPSA) is 59.2 Å². The molecule has 1 heterocycles. The van der Waals surface area contributed by atoms with E-state index in [1.54, 1.807) is 23.2 Å². The van der Waals surface area contributed by atoms with Crippen molar-refractivity contribution in [3.05, 3.63) is 15.6 Å². The summed E-state index contributed by atoms with van der Waals surface area (Å²) in [6.45, 7) is 3.76. The molecule has 1 aliphatic carbocycles. The standard InChI is InChI=1S/C12H19N3OS/c1-7(13)12(16)15(3)10-6-4-5-9-11(10)17-8(2)14-9/h7,10H,4-6,13H2,1-3H3. The van der Waals surface area contributed by atoms with Crippen molar-refractivity contribution in [3.8, 4) is 0 Å². The first-order chi connectivity index (χ1) is 8.00. The lowest BCUT2D eigenvalue weighted by molar-refractivity contribution is -0.133. The molecule has 17 heavy (non-hydrogen) atoms. The summed E-state index contributed by atoms with van der Waals surface area (Å²) < 4.78 is 0. The molecule has 94 valence electrons.